The molecule has 0 fully saturated rings. The maximum absolute atomic E-state index is 13.7. The summed E-state index contributed by atoms with van der Waals surface area (Å²) >= 11 is 0. The number of aryl methyl sites for hydroxylation is 1. The molecule has 0 spiro atoms. The average molecular weight is 592 g/mol. The van der Waals surface area contributed by atoms with E-state index in [2.05, 4.69) is 10.3 Å². The second-order valence-corrected chi connectivity index (χ2v) is 10.8. The Morgan fingerprint density at radius 2 is 1.68 bits per heavy atom. The number of rotatable bonds is 6. The molecule has 2 heterocycles. The first kappa shape index (κ1) is 29.3. The van der Waals surface area contributed by atoms with Crippen LogP contribution in [-0.4, -0.2) is 42.8 Å². The summed E-state index contributed by atoms with van der Waals surface area (Å²) in [5, 5.41) is 12.4. The standard InChI is InChI=1S/C25H20F7N3O4S/c26-17-5-8-20(9-6-17)40(38,39)35-19(13-22(36)34-18-2-1-11-33-14-18)7-3-15-12-16(4-10-21(15)35)23(37,24(27,28)29)25(30,31)32/h1-2,4-6,8-12,14,19,37H,3,7,13H2,(H,34,36). The van der Waals surface area contributed by atoms with E-state index in [0.717, 1.165) is 34.6 Å². The van der Waals surface area contributed by atoms with E-state index in [1.807, 2.05) is 0 Å². The molecule has 15 heteroatoms. The van der Waals surface area contributed by atoms with E-state index in [9.17, 15) is 49.1 Å². The molecule has 7 nitrogen and oxygen atoms in total. The molecule has 0 saturated carbocycles. The molecule has 0 saturated heterocycles. The van der Waals surface area contributed by atoms with Crippen LogP contribution < -0.4 is 9.62 Å². The number of sulfonamides is 1. The second kappa shape index (κ2) is 10.4. The van der Waals surface area contributed by atoms with Crippen LogP contribution in [0.25, 0.3) is 0 Å². The maximum atomic E-state index is 13.7. The van der Waals surface area contributed by atoms with Gasteiger partial charge in [0.2, 0.25) is 5.91 Å². The number of benzene rings is 2. The van der Waals surface area contributed by atoms with E-state index >= 15 is 0 Å². The molecular weight excluding hydrogens is 571 g/mol. The summed E-state index contributed by atoms with van der Waals surface area (Å²) in [5.41, 5.74) is -6.97. The van der Waals surface area contributed by atoms with Crippen molar-refractivity contribution in [3.05, 3.63) is 83.9 Å². The van der Waals surface area contributed by atoms with Gasteiger partial charge in [-0.25, -0.2) is 12.8 Å². The number of alkyl halides is 6. The molecular formula is C25H20F7N3O4S. The monoisotopic (exact) mass is 591 g/mol. The van der Waals surface area contributed by atoms with Crippen LogP contribution in [0.1, 0.15) is 24.0 Å². The molecule has 0 bridgehead atoms. The smallest absolute Gasteiger partial charge is 0.369 e. The second-order valence-electron chi connectivity index (χ2n) is 8.99. The van der Waals surface area contributed by atoms with Gasteiger partial charge in [-0.3, -0.25) is 14.1 Å². The number of nitrogens with zero attached hydrogens (tertiary/aromatic N) is 2. The first-order valence-corrected chi connectivity index (χ1v) is 13.0. The lowest BCUT2D eigenvalue weighted by atomic mass is 9.87. The summed E-state index contributed by atoms with van der Waals surface area (Å²) in [6.07, 6.45) is -10.3. The number of anilines is 2. The van der Waals surface area contributed by atoms with Crippen molar-refractivity contribution < 1.29 is 49.1 Å². The molecule has 1 amide bonds. The molecule has 2 aromatic carbocycles. The summed E-state index contributed by atoms with van der Waals surface area (Å²) in [6.45, 7) is 0. The van der Waals surface area contributed by atoms with Crippen LogP contribution in [0, 0.1) is 5.82 Å². The van der Waals surface area contributed by atoms with E-state index in [1.165, 1.54) is 18.5 Å². The zero-order valence-corrected chi connectivity index (χ0v) is 21.0. The van der Waals surface area contributed by atoms with Crippen LogP contribution in [0.2, 0.25) is 0 Å². The third kappa shape index (κ3) is 5.35. The predicted octanol–water partition coefficient (Wildman–Crippen LogP) is 5.07. The normalized spacial score (nSPS) is 16.4. The van der Waals surface area contributed by atoms with Gasteiger partial charge in [0, 0.05) is 18.2 Å². The molecule has 3 aromatic rings. The van der Waals surface area contributed by atoms with Gasteiger partial charge >= 0.3 is 12.4 Å². The molecule has 1 aliphatic heterocycles. The molecule has 0 radical (unpaired) electrons. The summed E-state index contributed by atoms with van der Waals surface area (Å²) in [7, 11) is -4.60. The number of halogens is 7. The van der Waals surface area contributed by atoms with Crippen LogP contribution in [0.15, 0.2) is 71.9 Å². The molecule has 1 aromatic heterocycles. The Balaban J connectivity index is 1.79. The van der Waals surface area contributed by atoms with Crippen LogP contribution >= 0.6 is 0 Å². The number of hydrogen-bond donors (Lipinski definition) is 2. The van der Waals surface area contributed by atoms with Gasteiger partial charge in [0.15, 0.2) is 0 Å². The minimum atomic E-state index is -6.14. The highest BCUT2D eigenvalue weighted by Crippen LogP contribution is 2.51. The number of carbonyl (C=O) groups is 1. The predicted molar refractivity (Wildman–Crippen MR) is 128 cm³/mol. The Kier molecular flexibility index (Phi) is 7.58. The van der Waals surface area contributed by atoms with E-state index < -0.39 is 62.6 Å². The van der Waals surface area contributed by atoms with Crippen LogP contribution in [-0.2, 0) is 26.8 Å². The molecule has 214 valence electrons. The summed E-state index contributed by atoms with van der Waals surface area (Å²) in [6, 6.07) is 7.05. The Morgan fingerprint density at radius 3 is 2.25 bits per heavy atom. The Morgan fingerprint density at radius 1 is 1.02 bits per heavy atom. The van der Waals surface area contributed by atoms with Crippen molar-refractivity contribution in [1.29, 1.82) is 0 Å². The van der Waals surface area contributed by atoms with Crippen molar-refractivity contribution in [3.63, 3.8) is 0 Å². The lowest BCUT2D eigenvalue weighted by Gasteiger charge is -2.39. The van der Waals surface area contributed by atoms with E-state index in [4.69, 9.17) is 0 Å². The minimum absolute atomic E-state index is 0.173. The molecule has 40 heavy (non-hydrogen) atoms. The van der Waals surface area contributed by atoms with Gasteiger partial charge in [0.25, 0.3) is 15.6 Å². The van der Waals surface area contributed by atoms with Crippen molar-refractivity contribution in [2.75, 3.05) is 9.62 Å². The van der Waals surface area contributed by atoms with E-state index in [-0.39, 0.29) is 24.1 Å². The zero-order chi connectivity index (χ0) is 29.5. The fraction of sp³-hybridized carbons (Fsp3) is 0.280. The van der Waals surface area contributed by atoms with Crippen molar-refractivity contribution in [1.82, 2.24) is 4.98 Å². The molecule has 1 unspecified atom stereocenters. The highest BCUT2D eigenvalue weighted by atomic mass is 32.2. The SMILES string of the molecule is O=C(CC1CCc2cc(C(O)(C(F)(F)F)C(F)(F)F)ccc2N1S(=O)(=O)c1ccc(F)cc1)Nc1cccnc1. The Bertz CT molecular complexity index is 1480. The lowest BCUT2D eigenvalue weighted by Crippen LogP contribution is -2.54. The minimum Gasteiger partial charge on any atom is -0.369 e. The summed E-state index contributed by atoms with van der Waals surface area (Å²) in [5.74, 6) is -1.39. The number of aromatic nitrogens is 1. The first-order valence-electron chi connectivity index (χ1n) is 11.5. The number of hydrogen-bond acceptors (Lipinski definition) is 5. The van der Waals surface area contributed by atoms with Gasteiger partial charge in [-0.2, -0.15) is 26.3 Å². The summed E-state index contributed by atoms with van der Waals surface area (Å²) < 4.78 is 122. The van der Waals surface area contributed by atoms with E-state index in [0.29, 0.717) is 17.8 Å². The van der Waals surface area contributed by atoms with Crippen molar-refractivity contribution in [2.45, 2.75) is 48.2 Å². The fourth-order valence-electron chi connectivity index (χ4n) is 4.44. The van der Waals surface area contributed by atoms with Gasteiger partial charge < -0.3 is 10.4 Å². The molecule has 1 aliphatic rings. The lowest BCUT2D eigenvalue weighted by molar-refractivity contribution is -0.376. The number of fused-ring (bicyclic) bond motifs is 1. The van der Waals surface area contributed by atoms with E-state index in [1.54, 1.807) is 6.07 Å². The fourth-order valence-corrected chi connectivity index (χ4v) is 6.16. The van der Waals surface area contributed by atoms with Crippen molar-refractivity contribution >= 4 is 27.3 Å². The molecule has 2 N–H and O–H groups in total. The molecule has 0 aliphatic carbocycles. The number of pyridine rings is 1. The zero-order valence-electron chi connectivity index (χ0n) is 20.2. The number of aliphatic hydroxyl groups is 1. The average Bonchev–Trinajstić information content (AvgIpc) is 2.87. The topological polar surface area (TPSA) is 99.6 Å². The van der Waals surface area contributed by atoms with Gasteiger partial charge in [-0.1, -0.05) is 12.1 Å². The molecule has 4 rings (SSSR count). The van der Waals surface area contributed by atoms with Gasteiger partial charge in [0.1, 0.15) is 5.82 Å². The highest BCUT2D eigenvalue weighted by molar-refractivity contribution is 7.92. The van der Waals surface area contributed by atoms with Gasteiger partial charge in [-0.05, 0) is 60.9 Å². The molecule has 1 atom stereocenters. The van der Waals surface area contributed by atoms with Gasteiger partial charge in [-0.15, -0.1) is 0 Å². The largest absolute Gasteiger partial charge is 0.430 e. The maximum Gasteiger partial charge on any atom is 0.430 e. The van der Waals surface area contributed by atoms with Crippen molar-refractivity contribution in [2.24, 2.45) is 0 Å². The quantitative estimate of drug-likeness (QED) is 0.390. The summed E-state index contributed by atoms with van der Waals surface area (Å²) in [4.78, 5) is 16.2. The number of nitrogens with one attached hydrogen (secondary N) is 1. The van der Waals surface area contributed by atoms with Crippen LogP contribution in [0.3, 0.4) is 0 Å². The number of carbonyl (C=O) groups excluding carboxylic acids is 1. The van der Waals surface area contributed by atoms with Gasteiger partial charge in [0.05, 0.1) is 28.5 Å². The third-order valence-electron chi connectivity index (χ3n) is 6.37. The Hall–Kier alpha value is -3.72. The highest BCUT2D eigenvalue weighted by Gasteiger charge is 2.71. The Labute approximate surface area is 223 Å². The number of amides is 1. The van der Waals surface area contributed by atoms with Crippen LogP contribution in [0.5, 0.6) is 0 Å². The first-order chi connectivity index (χ1) is 18.6. The third-order valence-corrected chi connectivity index (χ3v) is 8.25. The van der Waals surface area contributed by atoms with Crippen LogP contribution in [0.4, 0.5) is 42.1 Å². The van der Waals surface area contributed by atoms with Crippen molar-refractivity contribution in [3.8, 4) is 0 Å².